The third-order valence-electron chi connectivity index (χ3n) is 3.00. The Morgan fingerprint density at radius 3 is 2.50 bits per heavy atom. The first-order valence-corrected chi connectivity index (χ1v) is 6.36. The minimum absolute atomic E-state index is 0.236. The third kappa shape index (κ3) is 3.48. The largest absolute Gasteiger partial charge is 0.477 e. The van der Waals surface area contributed by atoms with Crippen LogP contribution in [-0.2, 0) is 7.05 Å². The average molecular weight is 253 g/mol. The molecule has 0 radical (unpaired) electrons. The van der Waals surface area contributed by atoms with Gasteiger partial charge in [0.1, 0.15) is 11.4 Å². The zero-order valence-electron chi connectivity index (χ0n) is 11.8. The SMILES string of the molecule is Cc1nn(C)c(NC(C)CCC(C)C)c1C(=O)O. The van der Waals surface area contributed by atoms with Crippen molar-refractivity contribution in [2.24, 2.45) is 13.0 Å². The molecule has 0 saturated carbocycles. The lowest BCUT2D eigenvalue weighted by molar-refractivity contribution is 0.0697. The van der Waals surface area contributed by atoms with Crippen LogP contribution in [0.4, 0.5) is 5.82 Å². The molecule has 1 aromatic heterocycles. The fourth-order valence-electron chi connectivity index (χ4n) is 1.97. The smallest absolute Gasteiger partial charge is 0.341 e. The van der Waals surface area contributed by atoms with Gasteiger partial charge >= 0.3 is 5.97 Å². The van der Waals surface area contributed by atoms with E-state index in [4.69, 9.17) is 0 Å². The molecule has 1 rings (SSSR count). The molecule has 0 aliphatic carbocycles. The van der Waals surface area contributed by atoms with Gasteiger partial charge in [-0.2, -0.15) is 5.10 Å². The molecule has 1 atom stereocenters. The van der Waals surface area contributed by atoms with Crippen molar-refractivity contribution < 1.29 is 9.90 Å². The Labute approximate surface area is 108 Å². The summed E-state index contributed by atoms with van der Waals surface area (Å²) < 4.78 is 1.60. The predicted molar refractivity (Wildman–Crippen MR) is 72.1 cm³/mol. The Bertz CT molecular complexity index is 424. The summed E-state index contributed by atoms with van der Waals surface area (Å²) >= 11 is 0. The lowest BCUT2D eigenvalue weighted by atomic mass is 10.0. The molecule has 5 nitrogen and oxygen atoms in total. The van der Waals surface area contributed by atoms with Crippen molar-refractivity contribution in [2.45, 2.75) is 46.6 Å². The maximum atomic E-state index is 11.2. The number of hydrogen-bond acceptors (Lipinski definition) is 3. The van der Waals surface area contributed by atoms with E-state index in [1.165, 1.54) is 0 Å². The number of aromatic nitrogens is 2. The molecule has 0 aliphatic rings. The minimum atomic E-state index is -0.931. The topological polar surface area (TPSA) is 67.2 Å². The molecular formula is C13H23N3O2. The molecule has 0 bridgehead atoms. The summed E-state index contributed by atoms with van der Waals surface area (Å²) in [7, 11) is 1.76. The van der Waals surface area contributed by atoms with Crippen molar-refractivity contribution in [3.63, 3.8) is 0 Å². The van der Waals surface area contributed by atoms with Gasteiger partial charge in [0, 0.05) is 13.1 Å². The highest BCUT2D eigenvalue weighted by Gasteiger charge is 2.20. The van der Waals surface area contributed by atoms with Crippen molar-refractivity contribution in [1.29, 1.82) is 0 Å². The van der Waals surface area contributed by atoms with Gasteiger partial charge in [-0.1, -0.05) is 13.8 Å². The highest BCUT2D eigenvalue weighted by atomic mass is 16.4. The first-order valence-electron chi connectivity index (χ1n) is 6.36. The second-order valence-corrected chi connectivity index (χ2v) is 5.25. The minimum Gasteiger partial charge on any atom is -0.477 e. The number of nitrogens with zero attached hydrogens (tertiary/aromatic N) is 2. The summed E-state index contributed by atoms with van der Waals surface area (Å²) in [4.78, 5) is 11.2. The van der Waals surface area contributed by atoms with Crippen LogP contribution in [0.5, 0.6) is 0 Å². The van der Waals surface area contributed by atoms with Crippen molar-refractivity contribution in [3.8, 4) is 0 Å². The lowest BCUT2D eigenvalue weighted by Crippen LogP contribution is -2.19. The van der Waals surface area contributed by atoms with Gasteiger partial charge in [0.15, 0.2) is 0 Å². The summed E-state index contributed by atoms with van der Waals surface area (Å²) in [5.74, 6) is 0.317. The van der Waals surface area contributed by atoms with Gasteiger partial charge in [0.05, 0.1) is 5.69 Å². The fraction of sp³-hybridized carbons (Fsp3) is 0.692. The number of carbonyl (C=O) groups is 1. The quantitative estimate of drug-likeness (QED) is 0.818. The second-order valence-electron chi connectivity index (χ2n) is 5.25. The molecule has 18 heavy (non-hydrogen) atoms. The molecule has 0 fully saturated rings. The molecule has 1 unspecified atom stereocenters. The van der Waals surface area contributed by atoms with E-state index in [1.54, 1.807) is 18.7 Å². The summed E-state index contributed by atoms with van der Waals surface area (Å²) in [5.41, 5.74) is 0.817. The average Bonchev–Trinajstić information content (AvgIpc) is 2.51. The zero-order valence-corrected chi connectivity index (χ0v) is 11.8. The third-order valence-corrected chi connectivity index (χ3v) is 3.00. The van der Waals surface area contributed by atoms with E-state index in [9.17, 15) is 9.90 Å². The highest BCUT2D eigenvalue weighted by Crippen LogP contribution is 2.20. The van der Waals surface area contributed by atoms with Gasteiger partial charge < -0.3 is 10.4 Å². The molecule has 102 valence electrons. The van der Waals surface area contributed by atoms with E-state index in [1.807, 2.05) is 0 Å². The van der Waals surface area contributed by atoms with E-state index in [-0.39, 0.29) is 11.6 Å². The van der Waals surface area contributed by atoms with Crippen molar-refractivity contribution >= 4 is 11.8 Å². The first-order chi connectivity index (χ1) is 8.32. The number of aryl methyl sites for hydroxylation is 2. The number of aromatic carboxylic acids is 1. The van der Waals surface area contributed by atoms with E-state index >= 15 is 0 Å². The molecule has 1 heterocycles. The molecule has 0 saturated heterocycles. The van der Waals surface area contributed by atoms with Gasteiger partial charge in [-0.3, -0.25) is 4.68 Å². The highest BCUT2D eigenvalue weighted by molar-refractivity contribution is 5.94. The number of anilines is 1. The van der Waals surface area contributed by atoms with Crippen LogP contribution in [0.25, 0.3) is 0 Å². The molecule has 0 aliphatic heterocycles. The zero-order chi connectivity index (χ0) is 13.9. The Morgan fingerprint density at radius 1 is 1.39 bits per heavy atom. The van der Waals surface area contributed by atoms with Gasteiger partial charge in [0.25, 0.3) is 0 Å². The van der Waals surface area contributed by atoms with Gasteiger partial charge in [-0.15, -0.1) is 0 Å². The van der Waals surface area contributed by atoms with Crippen molar-refractivity contribution in [2.75, 3.05) is 5.32 Å². The van der Waals surface area contributed by atoms with Crippen LogP contribution in [0.2, 0.25) is 0 Å². The number of rotatable bonds is 6. The van der Waals surface area contributed by atoms with Crippen LogP contribution in [0.3, 0.4) is 0 Å². The maximum Gasteiger partial charge on any atom is 0.341 e. The van der Waals surface area contributed by atoms with E-state index in [0.717, 1.165) is 12.8 Å². The van der Waals surface area contributed by atoms with Gasteiger partial charge in [-0.05, 0) is 32.6 Å². The Balaban J connectivity index is 2.80. The van der Waals surface area contributed by atoms with E-state index in [0.29, 0.717) is 17.4 Å². The van der Waals surface area contributed by atoms with Gasteiger partial charge in [0.2, 0.25) is 0 Å². The van der Waals surface area contributed by atoms with Crippen molar-refractivity contribution in [1.82, 2.24) is 9.78 Å². The first kappa shape index (κ1) is 14.5. The summed E-state index contributed by atoms with van der Waals surface area (Å²) in [5, 5.41) is 16.6. The van der Waals surface area contributed by atoms with Crippen LogP contribution in [0, 0.1) is 12.8 Å². The number of hydrogen-bond donors (Lipinski definition) is 2. The van der Waals surface area contributed by atoms with Crippen LogP contribution in [0.15, 0.2) is 0 Å². The predicted octanol–water partition coefficient (Wildman–Crippen LogP) is 2.66. The van der Waals surface area contributed by atoms with Crippen LogP contribution in [-0.4, -0.2) is 26.9 Å². The normalized spacial score (nSPS) is 12.8. The maximum absolute atomic E-state index is 11.2. The molecule has 2 N–H and O–H groups in total. The standard InChI is InChI=1S/C13H23N3O2/c1-8(2)6-7-9(3)14-12-11(13(17)18)10(4)15-16(12)5/h8-9,14H,6-7H2,1-5H3,(H,17,18). The number of nitrogens with one attached hydrogen (secondary N) is 1. The number of carboxylic acids is 1. The van der Waals surface area contributed by atoms with E-state index < -0.39 is 5.97 Å². The molecule has 5 heteroatoms. The second kappa shape index (κ2) is 5.89. The molecule has 1 aromatic rings. The summed E-state index contributed by atoms with van der Waals surface area (Å²) in [6.45, 7) is 8.15. The Kier molecular flexibility index (Phi) is 4.76. The number of carboxylic acid groups (broad SMARTS) is 1. The van der Waals surface area contributed by atoms with Crippen LogP contribution < -0.4 is 5.32 Å². The lowest BCUT2D eigenvalue weighted by Gasteiger charge is -2.17. The summed E-state index contributed by atoms with van der Waals surface area (Å²) in [6, 6.07) is 0.236. The molecular weight excluding hydrogens is 230 g/mol. The Morgan fingerprint density at radius 2 is 2.00 bits per heavy atom. The van der Waals surface area contributed by atoms with E-state index in [2.05, 4.69) is 31.2 Å². The fourth-order valence-corrected chi connectivity index (χ4v) is 1.97. The molecule has 0 spiro atoms. The summed E-state index contributed by atoms with van der Waals surface area (Å²) in [6.07, 6.45) is 2.13. The molecule has 0 amide bonds. The van der Waals surface area contributed by atoms with Crippen LogP contribution in [0.1, 0.15) is 49.7 Å². The molecule has 0 aromatic carbocycles. The van der Waals surface area contributed by atoms with Crippen molar-refractivity contribution in [3.05, 3.63) is 11.3 Å². The van der Waals surface area contributed by atoms with Gasteiger partial charge in [-0.25, -0.2) is 4.79 Å². The monoisotopic (exact) mass is 253 g/mol. The Hall–Kier alpha value is -1.52. The van der Waals surface area contributed by atoms with Crippen LogP contribution >= 0.6 is 0 Å².